The largest absolute Gasteiger partial charge is 0.228 e. The Hall–Kier alpha value is -6.55. The molecule has 2 aliphatic rings. The minimum Gasteiger partial charge on any atom is -0.228 e. The predicted octanol–water partition coefficient (Wildman–Crippen LogP) is 13.1. The quantitative estimate of drug-likeness (QED) is 0.182. The van der Waals surface area contributed by atoms with E-state index in [1.54, 1.807) is 0 Å². The molecule has 0 saturated carbocycles. The van der Waals surface area contributed by atoms with E-state index in [9.17, 15) is 0 Å². The summed E-state index contributed by atoms with van der Waals surface area (Å²) in [5, 5.41) is 2.48. The number of aromatic nitrogens is 2. The molecule has 1 aliphatic carbocycles. The molecule has 2 heterocycles. The summed E-state index contributed by atoms with van der Waals surface area (Å²) in [6, 6.07) is 70.3. The summed E-state index contributed by atoms with van der Waals surface area (Å²) < 4.78 is 0. The summed E-state index contributed by atoms with van der Waals surface area (Å²) in [6.45, 7) is 0. The van der Waals surface area contributed by atoms with Crippen molar-refractivity contribution in [1.82, 2.24) is 9.97 Å². The zero-order chi connectivity index (χ0) is 35.6. The highest BCUT2D eigenvalue weighted by atomic mass is 32.2. The standard InChI is InChI=1S/C51H32N2S/c1-2-13-35(14-3-1)46-32-47(53-50(52-46)36-25-22-34(23-26-36)38-27-24-33-12-4-5-15-37(33)30-38)39-28-29-41-40-16-6-7-17-42(40)51(45(41)31-39)43-18-8-10-20-48(43)54-49-21-11-9-19-44(49)51/h1-32H. The van der Waals surface area contributed by atoms with Crippen LogP contribution in [0.1, 0.15) is 22.3 Å². The van der Waals surface area contributed by atoms with Gasteiger partial charge >= 0.3 is 0 Å². The van der Waals surface area contributed by atoms with Crippen molar-refractivity contribution in [2.45, 2.75) is 15.2 Å². The monoisotopic (exact) mass is 704 g/mol. The van der Waals surface area contributed by atoms with E-state index in [1.807, 2.05) is 17.8 Å². The Morgan fingerprint density at radius 1 is 0.333 bits per heavy atom. The first-order chi connectivity index (χ1) is 26.7. The van der Waals surface area contributed by atoms with Crippen molar-refractivity contribution in [1.29, 1.82) is 0 Å². The van der Waals surface area contributed by atoms with Crippen LogP contribution in [0, 0.1) is 0 Å². The van der Waals surface area contributed by atoms with E-state index < -0.39 is 5.41 Å². The van der Waals surface area contributed by atoms with E-state index in [-0.39, 0.29) is 0 Å². The van der Waals surface area contributed by atoms with Gasteiger partial charge in [-0.15, -0.1) is 0 Å². The first-order valence-corrected chi connectivity index (χ1v) is 19.2. The van der Waals surface area contributed by atoms with Gasteiger partial charge < -0.3 is 0 Å². The molecular weight excluding hydrogens is 673 g/mol. The van der Waals surface area contributed by atoms with E-state index in [0.717, 1.165) is 28.1 Å². The van der Waals surface area contributed by atoms with Crippen molar-refractivity contribution >= 4 is 22.5 Å². The highest BCUT2D eigenvalue weighted by molar-refractivity contribution is 7.99. The second-order valence-electron chi connectivity index (χ2n) is 14.1. The topological polar surface area (TPSA) is 25.8 Å². The molecule has 11 rings (SSSR count). The van der Waals surface area contributed by atoms with Crippen LogP contribution in [0.5, 0.6) is 0 Å². The van der Waals surface area contributed by atoms with Crippen LogP contribution in [0.15, 0.2) is 204 Å². The molecule has 0 bridgehead atoms. The molecule has 8 aromatic carbocycles. The molecule has 1 aliphatic heterocycles. The summed E-state index contributed by atoms with van der Waals surface area (Å²) in [5.41, 5.74) is 14.7. The van der Waals surface area contributed by atoms with E-state index in [0.29, 0.717) is 5.82 Å². The minimum absolute atomic E-state index is 0.447. The van der Waals surface area contributed by atoms with Crippen LogP contribution in [0.4, 0.5) is 0 Å². The second kappa shape index (κ2) is 12.3. The number of rotatable bonds is 4. The van der Waals surface area contributed by atoms with Crippen molar-refractivity contribution < 1.29 is 0 Å². The Bertz CT molecular complexity index is 2870. The van der Waals surface area contributed by atoms with E-state index >= 15 is 0 Å². The van der Waals surface area contributed by atoms with Crippen LogP contribution in [-0.4, -0.2) is 9.97 Å². The first kappa shape index (κ1) is 31.0. The van der Waals surface area contributed by atoms with Gasteiger partial charge in [0, 0.05) is 26.5 Å². The highest BCUT2D eigenvalue weighted by Crippen LogP contribution is 2.62. The number of benzene rings is 8. The molecule has 0 unspecified atom stereocenters. The maximum atomic E-state index is 5.32. The van der Waals surface area contributed by atoms with Crippen molar-refractivity contribution in [3.05, 3.63) is 216 Å². The van der Waals surface area contributed by atoms with Crippen molar-refractivity contribution in [2.24, 2.45) is 0 Å². The average Bonchev–Trinajstić information content (AvgIpc) is 3.53. The van der Waals surface area contributed by atoms with E-state index in [4.69, 9.17) is 9.97 Å². The van der Waals surface area contributed by atoms with Crippen LogP contribution in [0.25, 0.3) is 66.9 Å². The SMILES string of the molecule is c1ccc(-c2cc(-c3ccc4c(c3)C3(c5ccccc5Sc5ccccc53)c3ccccc3-4)nc(-c3ccc(-c4ccc5ccccc5c4)cc3)n2)cc1. The van der Waals surface area contributed by atoms with Gasteiger partial charge in [-0.2, -0.15) is 0 Å². The van der Waals surface area contributed by atoms with Gasteiger partial charge in [-0.25, -0.2) is 9.97 Å². The van der Waals surface area contributed by atoms with Gasteiger partial charge in [0.2, 0.25) is 0 Å². The summed E-state index contributed by atoms with van der Waals surface area (Å²) in [4.78, 5) is 13.1. The molecule has 0 amide bonds. The molecule has 0 N–H and O–H groups in total. The van der Waals surface area contributed by atoms with Crippen molar-refractivity contribution in [3.8, 4) is 56.2 Å². The molecule has 0 fully saturated rings. The lowest BCUT2D eigenvalue weighted by molar-refractivity contribution is 0.722. The lowest BCUT2D eigenvalue weighted by atomic mass is 9.67. The van der Waals surface area contributed by atoms with Crippen LogP contribution >= 0.6 is 11.8 Å². The Kier molecular flexibility index (Phi) is 7.05. The van der Waals surface area contributed by atoms with Crippen molar-refractivity contribution in [3.63, 3.8) is 0 Å². The predicted molar refractivity (Wildman–Crippen MR) is 223 cm³/mol. The van der Waals surface area contributed by atoms with E-state index in [1.165, 1.54) is 65.1 Å². The Morgan fingerprint density at radius 3 is 1.65 bits per heavy atom. The van der Waals surface area contributed by atoms with Gasteiger partial charge in [-0.05, 0) is 85.6 Å². The molecule has 1 spiro atoms. The number of nitrogens with zero attached hydrogens (tertiary/aromatic N) is 2. The third-order valence-corrected chi connectivity index (χ3v) is 12.3. The average molecular weight is 705 g/mol. The fourth-order valence-corrected chi connectivity index (χ4v) is 9.87. The lowest BCUT2D eigenvalue weighted by Crippen LogP contribution is -2.31. The van der Waals surface area contributed by atoms with Crippen LogP contribution in [0.3, 0.4) is 0 Å². The molecular formula is C51H32N2S. The molecule has 0 atom stereocenters. The number of fused-ring (bicyclic) bond motifs is 10. The van der Waals surface area contributed by atoms with Crippen molar-refractivity contribution in [2.75, 3.05) is 0 Å². The maximum absolute atomic E-state index is 5.32. The molecule has 1 aromatic heterocycles. The zero-order valence-electron chi connectivity index (χ0n) is 29.3. The Balaban J connectivity index is 1.09. The Morgan fingerprint density at radius 2 is 0.889 bits per heavy atom. The molecule has 9 aromatic rings. The van der Waals surface area contributed by atoms with Crippen LogP contribution in [-0.2, 0) is 5.41 Å². The summed E-state index contributed by atoms with van der Waals surface area (Å²) >= 11 is 1.87. The minimum atomic E-state index is -0.447. The van der Waals surface area contributed by atoms with Gasteiger partial charge in [0.15, 0.2) is 5.82 Å². The third kappa shape index (κ3) is 4.75. The summed E-state index contributed by atoms with van der Waals surface area (Å²) in [5.74, 6) is 0.708. The normalized spacial score (nSPS) is 13.3. The molecule has 54 heavy (non-hydrogen) atoms. The highest BCUT2D eigenvalue weighted by Gasteiger charge is 2.50. The molecule has 0 saturated heterocycles. The molecule has 0 radical (unpaired) electrons. The van der Waals surface area contributed by atoms with Crippen LogP contribution < -0.4 is 0 Å². The zero-order valence-corrected chi connectivity index (χ0v) is 30.1. The number of hydrogen-bond acceptors (Lipinski definition) is 3. The van der Waals surface area contributed by atoms with Gasteiger partial charge in [-0.3, -0.25) is 0 Å². The molecule has 3 heteroatoms. The fraction of sp³-hybridized carbons (Fsp3) is 0.0196. The van der Waals surface area contributed by atoms with Gasteiger partial charge in [0.1, 0.15) is 0 Å². The maximum Gasteiger partial charge on any atom is 0.160 e. The second-order valence-corrected chi connectivity index (χ2v) is 15.2. The molecule has 252 valence electrons. The van der Waals surface area contributed by atoms with E-state index in [2.05, 4.69) is 188 Å². The summed E-state index contributed by atoms with van der Waals surface area (Å²) in [6.07, 6.45) is 0. The third-order valence-electron chi connectivity index (χ3n) is 11.2. The fourth-order valence-electron chi connectivity index (χ4n) is 8.68. The van der Waals surface area contributed by atoms with Gasteiger partial charge in [0.05, 0.1) is 16.8 Å². The van der Waals surface area contributed by atoms with Gasteiger partial charge in [0.25, 0.3) is 0 Å². The Labute approximate surface area is 318 Å². The van der Waals surface area contributed by atoms with Gasteiger partial charge in [-0.1, -0.05) is 176 Å². The smallest absolute Gasteiger partial charge is 0.160 e. The first-order valence-electron chi connectivity index (χ1n) is 18.4. The lowest BCUT2D eigenvalue weighted by Gasteiger charge is -2.39. The number of hydrogen-bond donors (Lipinski definition) is 0. The molecule has 2 nitrogen and oxygen atoms in total. The van der Waals surface area contributed by atoms with Crippen LogP contribution in [0.2, 0.25) is 0 Å². The summed E-state index contributed by atoms with van der Waals surface area (Å²) in [7, 11) is 0.